The minimum Gasteiger partial charge on any atom is -0.473 e. The van der Waals surface area contributed by atoms with Crippen LogP contribution < -0.4 is 10.1 Å². The van der Waals surface area contributed by atoms with Crippen molar-refractivity contribution in [3.63, 3.8) is 0 Å². The lowest BCUT2D eigenvalue weighted by atomic mass is 10.2. The summed E-state index contributed by atoms with van der Waals surface area (Å²) in [6.45, 7) is 5.89. The fourth-order valence-corrected chi connectivity index (χ4v) is 3.05. The van der Waals surface area contributed by atoms with Gasteiger partial charge in [0.15, 0.2) is 6.10 Å². The molecule has 1 rings (SSSR count). The Bertz CT molecular complexity index is 434. The van der Waals surface area contributed by atoms with Gasteiger partial charge in [0.05, 0.1) is 8.95 Å². The SMILES string of the molecule is CCCNCc1cc(Br)c(OC(C#N)CC)c(Br)c1. The Labute approximate surface area is 131 Å². The zero-order chi connectivity index (χ0) is 14.3. The van der Waals surface area contributed by atoms with Crippen LogP contribution in [-0.4, -0.2) is 12.6 Å². The van der Waals surface area contributed by atoms with Gasteiger partial charge in [-0.05, 0) is 68.9 Å². The molecular formula is C14H18Br2N2O. The van der Waals surface area contributed by atoms with Crippen molar-refractivity contribution in [2.45, 2.75) is 39.3 Å². The van der Waals surface area contributed by atoms with E-state index in [2.05, 4.69) is 50.2 Å². The zero-order valence-electron chi connectivity index (χ0n) is 11.2. The summed E-state index contributed by atoms with van der Waals surface area (Å²) in [6, 6.07) is 6.18. The summed E-state index contributed by atoms with van der Waals surface area (Å²) in [6.07, 6.45) is 1.36. The molecule has 0 saturated heterocycles. The Kier molecular flexibility index (Phi) is 7.44. The first-order chi connectivity index (χ1) is 9.12. The Morgan fingerprint density at radius 1 is 1.32 bits per heavy atom. The first kappa shape index (κ1) is 16.5. The van der Waals surface area contributed by atoms with Gasteiger partial charge in [0.1, 0.15) is 11.8 Å². The van der Waals surface area contributed by atoms with Gasteiger partial charge in [0.2, 0.25) is 0 Å². The van der Waals surface area contributed by atoms with Gasteiger partial charge in [-0.1, -0.05) is 13.8 Å². The highest BCUT2D eigenvalue weighted by molar-refractivity contribution is 9.11. The van der Waals surface area contributed by atoms with Crippen LogP contribution in [-0.2, 0) is 6.54 Å². The van der Waals surface area contributed by atoms with E-state index in [-0.39, 0.29) is 0 Å². The van der Waals surface area contributed by atoms with Crippen molar-refractivity contribution in [1.29, 1.82) is 5.26 Å². The number of rotatable bonds is 7. The van der Waals surface area contributed by atoms with Crippen LogP contribution in [0.4, 0.5) is 0 Å². The van der Waals surface area contributed by atoms with Gasteiger partial charge in [-0.3, -0.25) is 0 Å². The molecule has 0 aliphatic rings. The van der Waals surface area contributed by atoms with E-state index in [0.717, 1.165) is 28.5 Å². The van der Waals surface area contributed by atoms with Crippen LogP contribution in [0, 0.1) is 11.3 Å². The molecule has 5 heteroatoms. The summed E-state index contributed by atoms with van der Waals surface area (Å²) in [5.41, 5.74) is 1.17. The van der Waals surface area contributed by atoms with Crippen molar-refractivity contribution in [1.82, 2.24) is 5.32 Å². The zero-order valence-corrected chi connectivity index (χ0v) is 14.3. The molecule has 0 aliphatic carbocycles. The average Bonchev–Trinajstić information content (AvgIpc) is 2.39. The van der Waals surface area contributed by atoms with Crippen LogP contribution in [0.15, 0.2) is 21.1 Å². The van der Waals surface area contributed by atoms with Crippen molar-refractivity contribution in [2.24, 2.45) is 0 Å². The molecule has 19 heavy (non-hydrogen) atoms. The molecule has 1 atom stereocenters. The molecule has 1 aromatic carbocycles. The third kappa shape index (κ3) is 5.13. The summed E-state index contributed by atoms with van der Waals surface area (Å²) in [5, 5.41) is 12.3. The van der Waals surface area contributed by atoms with Gasteiger partial charge in [0.25, 0.3) is 0 Å². The summed E-state index contributed by atoms with van der Waals surface area (Å²) >= 11 is 7.00. The van der Waals surface area contributed by atoms with Gasteiger partial charge in [-0.2, -0.15) is 5.26 Å². The van der Waals surface area contributed by atoms with E-state index < -0.39 is 6.10 Å². The minimum atomic E-state index is -0.420. The van der Waals surface area contributed by atoms with E-state index in [4.69, 9.17) is 10.00 Å². The normalized spacial score (nSPS) is 11.9. The fourth-order valence-electron chi connectivity index (χ4n) is 1.58. The van der Waals surface area contributed by atoms with Crippen LogP contribution in [0.5, 0.6) is 5.75 Å². The Morgan fingerprint density at radius 3 is 2.42 bits per heavy atom. The van der Waals surface area contributed by atoms with Crippen LogP contribution in [0.1, 0.15) is 32.3 Å². The first-order valence-corrected chi connectivity index (χ1v) is 7.95. The van der Waals surface area contributed by atoms with E-state index in [1.807, 2.05) is 19.1 Å². The van der Waals surface area contributed by atoms with Gasteiger partial charge in [0, 0.05) is 6.54 Å². The number of hydrogen-bond acceptors (Lipinski definition) is 3. The topological polar surface area (TPSA) is 45.0 Å². The number of hydrogen-bond donors (Lipinski definition) is 1. The maximum absolute atomic E-state index is 8.95. The number of nitrogens with one attached hydrogen (secondary N) is 1. The third-order valence-corrected chi connectivity index (χ3v) is 3.77. The maximum Gasteiger partial charge on any atom is 0.184 e. The van der Waals surface area contributed by atoms with E-state index in [0.29, 0.717) is 12.2 Å². The molecule has 104 valence electrons. The summed E-state index contributed by atoms with van der Waals surface area (Å²) in [5.74, 6) is 0.688. The lowest BCUT2D eigenvalue weighted by molar-refractivity contribution is 0.248. The number of nitrogens with zero attached hydrogens (tertiary/aromatic N) is 1. The quantitative estimate of drug-likeness (QED) is 0.703. The number of benzene rings is 1. The molecule has 3 nitrogen and oxygen atoms in total. The molecule has 1 N–H and O–H groups in total. The predicted octanol–water partition coefficient (Wildman–Crippen LogP) is 4.39. The van der Waals surface area contributed by atoms with E-state index >= 15 is 0 Å². The fraction of sp³-hybridized carbons (Fsp3) is 0.500. The molecule has 0 radical (unpaired) electrons. The van der Waals surface area contributed by atoms with Crippen LogP contribution in [0.25, 0.3) is 0 Å². The second-order valence-electron chi connectivity index (χ2n) is 4.21. The highest BCUT2D eigenvalue weighted by Gasteiger charge is 2.13. The number of halogens is 2. The third-order valence-electron chi connectivity index (χ3n) is 2.59. The Hall–Kier alpha value is -0.570. The maximum atomic E-state index is 8.95. The smallest absolute Gasteiger partial charge is 0.184 e. The lowest BCUT2D eigenvalue weighted by Crippen LogP contribution is -2.15. The number of nitriles is 1. The summed E-state index contributed by atoms with van der Waals surface area (Å²) in [4.78, 5) is 0. The first-order valence-electron chi connectivity index (χ1n) is 6.37. The van der Waals surface area contributed by atoms with E-state index in [1.54, 1.807) is 0 Å². The summed E-state index contributed by atoms with van der Waals surface area (Å²) in [7, 11) is 0. The summed E-state index contributed by atoms with van der Waals surface area (Å²) < 4.78 is 7.41. The Morgan fingerprint density at radius 2 is 1.95 bits per heavy atom. The van der Waals surface area contributed by atoms with E-state index in [9.17, 15) is 0 Å². The van der Waals surface area contributed by atoms with Gasteiger partial charge < -0.3 is 10.1 Å². The molecule has 1 aromatic rings. The van der Waals surface area contributed by atoms with Crippen molar-refractivity contribution in [3.05, 3.63) is 26.6 Å². The highest BCUT2D eigenvalue weighted by Crippen LogP contribution is 2.35. The molecule has 0 heterocycles. The van der Waals surface area contributed by atoms with Crippen LogP contribution in [0.2, 0.25) is 0 Å². The van der Waals surface area contributed by atoms with E-state index in [1.165, 1.54) is 5.56 Å². The average molecular weight is 390 g/mol. The Balaban J connectivity index is 2.82. The molecule has 0 saturated carbocycles. The van der Waals surface area contributed by atoms with Crippen molar-refractivity contribution in [3.8, 4) is 11.8 Å². The highest BCUT2D eigenvalue weighted by atomic mass is 79.9. The standard InChI is InChI=1S/C14H18Br2N2O/c1-3-5-18-9-10-6-12(15)14(13(16)7-10)19-11(4-2)8-17/h6-7,11,18H,3-5,9H2,1-2H3. The largest absolute Gasteiger partial charge is 0.473 e. The van der Waals surface area contributed by atoms with Crippen molar-refractivity contribution < 1.29 is 4.74 Å². The molecule has 0 spiro atoms. The predicted molar refractivity (Wildman–Crippen MR) is 84.2 cm³/mol. The second-order valence-corrected chi connectivity index (χ2v) is 5.92. The minimum absolute atomic E-state index is 0.420. The molecule has 0 aromatic heterocycles. The molecule has 0 amide bonds. The molecule has 0 bridgehead atoms. The molecular weight excluding hydrogens is 372 g/mol. The monoisotopic (exact) mass is 388 g/mol. The number of ether oxygens (including phenoxy) is 1. The van der Waals surface area contributed by atoms with Gasteiger partial charge in [-0.25, -0.2) is 0 Å². The molecule has 0 fully saturated rings. The van der Waals surface area contributed by atoms with Crippen molar-refractivity contribution in [2.75, 3.05) is 6.54 Å². The van der Waals surface area contributed by atoms with Gasteiger partial charge in [-0.15, -0.1) is 0 Å². The van der Waals surface area contributed by atoms with Crippen LogP contribution >= 0.6 is 31.9 Å². The van der Waals surface area contributed by atoms with Crippen LogP contribution in [0.3, 0.4) is 0 Å². The molecule has 1 unspecified atom stereocenters. The molecule has 0 aliphatic heterocycles. The second kappa shape index (κ2) is 8.57. The lowest BCUT2D eigenvalue weighted by Gasteiger charge is -2.15. The van der Waals surface area contributed by atoms with Crippen molar-refractivity contribution >= 4 is 31.9 Å². The van der Waals surface area contributed by atoms with Gasteiger partial charge >= 0.3 is 0 Å².